The Kier molecular flexibility index (Phi) is 3.28. The van der Waals surface area contributed by atoms with Gasteiger partial charge in [0, 0.05) is 28.9 Å². The number of fused-ring (bicyclic) bond motifs is 1. The highest BCUT2D eigenvalue weighted by molar-refractivity contribution is 5.59. The molecule has 124 valence electrons. The van der Waals surface area contributed by atoms with Crippen LogP contribution in [0.2, 0.25) is 0 Å². The van der Waals surface area contributed by atoms with Crippen molar-refractivity contribution in [2.24, 2.45) is 11.8 Å². The summed E-state index contributed by atoms with van der Waals surface area (Å²) in [5.74, 6) is 2.80. The van der Waals surface area contributed by atoms with Crippen LogP contribution in [0.4, 0.5) is 0 Å². The van der Waals surface area contributed by atoms with Crippen LogP contribution in [0.1, 0.15) is 31.4 Å². The highest BCUT2D eigenvalue weighted by atomic mass is 16.5. The molecule has 0 bridgehead atoms. The molecular weight excluding hydrogens is 286 g/mol. The van der Waals surface area contributed by atoms with Crippen molar-refractivity contribution in [3.05, 3.63) is 35.4 Å². The molecule has 1 spiro atoms. The van der Waals surface area contributed by atoms with Gasteiger partial charge in [-0.3, -0.25) is 0 Å². The van der Waals surface area contributed by atoms with Crippen molar-refractivity contribution in [2.75, 3.05) is 20.7 Å². The summed E-state index contributed by atoms with van der Waals surface area (Å²) in [5.41, 5.74) is 2.84. The summed E-state index contributed by atoms with van der Waals surface area (Å²) in [6.45, 7) is 7.99. The highest BCUT2D eigenvalue weighted by Crippen LogP contribution is 2.60. The molecule has 0 saturated carbocycles. The van der Waals surface area contributed by atoms with Gasteiger partial charge in [-0.2, -0.15) is 0 Å². The summed E-state index contributed by atoms with van der Waals surface area (Å²) in [5, 5.41) is 0. The molecule has 0 amide bonds. The van der Waals surface area contributed by atoms with E-state index in [4.69, 9.17) is 9.47 Å². The number of hydrogen-bond donors (Lipinski definition) is 0. The molecule has 3 aliphatic rings. The summed E-state index contributed by atoms with van der Waals surface area (Å²) in [4.78, 5) is 2.49. The Labute approximate surface area is 139 Å². The second kappa shape index (κ2) is 5.01. The summed E-state index contributed by atoms with van der Waals surface area (Å²) in [6.07, 6.45) is 6.19. The van der Waals surface area contributed by atoms with Crippen LogP contribution in [-0.4, -0.2) is 37.7 Å². The average Bonchev–Trinajstić information content (AvgIpc) is 2.89. The van der Waals surface area contributed by atoms with Crippen molar-refractivity contribution >= 4 is 0 Å². The fourth-order valence-corrected chi connectivity index (χ4v) is 5.26. The monoisotopic (exact) mass is 313 g/mol. The number of methoxy groups -OCH3 is 1. The van der Waals surface area contributed by atoms with Crippen LogP contribution in [0.25, 0.3) is 0 Å². The van der Waals surface area contributed by atoms with E-state index >= 15 is 0 Å². The number of rotatable bonds is 1. The van der Waals surface area contributed by atoms with Gasteiger partial charge in [0.1, 0.15) is 6.10 Å². The molecule has 1 aromatic rings. The third-order valence-electron chi connectivity index (χ3n) is 6.56. The van der Waals surface area contributed by atoms with Gasteiger partial charge in [-0.1, -0.05) is 25.1 Å². The average molecular weight is 313 g/mol. The van der Waals surface area contributed by atoms with Gasteiger partial charge in [-0.15, -0.1) is 0 Å². The van der Waals surface area contributed by atoms with Gasteiger partial charge < -0.3 is 14.4 Å². The van der Waals surface area contributed by atoms with Gasteiger partial charge in [0.15, 0.2) is 11.5 Å². The Balaban J connectivity index is 1.97. The van der Waals surface area contributed by atoms with Gasteiger partial charge in [-0.25, -0.2) is 0 Å². The molecular formula is C20H27NO2. The Bertz CT molecular complexity index is 668. The molecule has 3 nitrogen and oxygen atoms in total. The van der Waals surface area contributed by atoms with Crippen molar-refractivity contribution < 1.29 is 9.47 Å². The van der Waals surface area contributed by atoms with Crippen LogP contribution < -0.4 is 9.47 Å². The number of likely N-dealkylation sites (tertiary alicyclic amines) is 1. The van der Waals surface area contributed by atoms with E-state index in [1.54, 1.807) is 7.11 Å². The van der Waals surface area contributed by atoms with E-state index in [1.807, 2.05) is 6.07 Å². The minimum absolute atomic E-state index is 0.0913. The quantitative estimate of drug-likeness (QED) is 0.740. The molecule has 0 radical (unpaired) electrons. The predicted molar refractivity (Wildman–Crippen MR) is 92.3 cm³/mol. The molecule has 1 aliphatic carbocycles. The predicted octanol–water partition coefficient (Wildman–Crippen LogP) is 3.55. The maximum absolute atomic E-state index is 6.58. The van der Waals surface area contributed by atoms with Gasteiger partial charge in [0.2, 0.25) is 0 Å². The maximum atomic E-state index is 6.58. The number of hydrogen-bond acceptors (Lipinski definition) is 3. The van der Waals surface area contributed by atoms with E-state index < -0.39 is 0 Å². The Morgan fingerprint density at radius 2 is 2.04 bits per heavy atom. The lowest BCUT2D eigenvalue weighted by molar-refractivity contribution is -0.00216. The normalized spacial score (nSPS) is 38.5. The molecule has 4 rings (SSSR count). The maximum Gasteiger partial charge on any atom is 0.165 e. The molecule has 1 fully saturated rings. The Morgan fingerprint density at radius 1 is 1.26 bits per heavy atom. The van der Waals surface area contributed by atoms with Crippen LogP contribution in [-0.2, 0) is 5.41 Å². The lowest BCUT2D eigenvalue weighted by atomic mass is 9.56. The third kappa shape index (κ3) is 1.80. The summed E-state index contributed by atoms with van der Waals surface area (Å²) in [6, 6.07) is 4.77. The fraction of sp³-hybridized carbons (Fsp3) is 0.600. The van der Waals surface area contributed by atoms with E-state index in [0.717, 1.165) is 24.5 Å². The zero-order valence-electron chi connectivity index (χ0n) is 14.8. The minimum atomic E-state index is 0.0913. The van der Waals surface area contributed by atoms with E-state index in [-0.39, 0.29) is 11.5 Å². The number of aryl methyl sites for hydroxylation is 1. The van der Waals surface area contributed by atoms with Gasteiger partial charge in [0.25, 0.3) is 0 Å². The lowest BCUT2D eigenvalue weighted by Crippen LogP contribution is -2.60. The summed E-state index contributed by atoms with van der Waals surface area (Å²) < 4.78 is 12.2. The van der Waals surface area contributed by atoms with E-state index in [9.17, 15) is 0 Å². The second-order valence-electron chi connectivity index (χ2n) is 7.61. The summed E-state index contributed by atoms with van der Waals surface area (Å²) >= 11 is 0. The smallest absolute Gasteiger partial charge is 0.165 e. The van der Waals surface area contributed by atoms with Crippen LogP contribution >= 0.6 is 0 Å². The lowest BCUT2D eigenvalue weighted by Gasteiger charge is -2.53. The Hall–Kier alpha value is -1.48. The van der Waals surface area contributed by atoms with E-state index in [2.05, 4.69) is 50.9 Å². The van der Waals surface area contributed by atoms with Gasteiger partial charge in [0.05, 0.1) is 7.11 Å². The van der Waals surface area contributed by atoms with Crippen molar-refractivity contribution in [2.45, 2.75) is 44.8 Å². The molecule has 2 aliphatic heterocycles. The summed E-state index contributed by atoms with van der Waals surface area (Å²) in [7, 11) is 3.98. The molecule has 0 aromatic heterocycles. The number of ether oxygens (including phenoxy) is 2. The third-order valence-corrected chi connectivity index (χ3v) is 6.56. The SMILES string of the molecule is COc1ccc(C)c2c1O[C@H]1[C@@H](C)C=C[C@H]3[C@@H](C)N(C)CC[C@@]231. The van der Waals surface area contributed by atoms with Crippen LogP contribution in [0.5, 0.6) is 11.5 Å². The van der Waals surface area contributed by atoms with Crippen molar-refractivity contribution in [3.63, 3.8) is 0 Å². The molecule has 5 atom stereocenters. The minimum Gasteiger partial charge on any atom is -0.493 e. The second-order valence-corrected chi connectivity index (χ2v) is 7.61. The number of piperidine rings is 1. The Morgan fingerprint density at radius 3 is 2.78 bits per heavy atom. The van der Waals surface area contributed by atoms with Crippen LogP contribution in [0.15, 0.2) is 24.3 Å². The van der Waals surface area contributed by atoms with Gasteiger partial charge in [-0.05, 0) is 45.5 Å². The number of benzene rings is 1. The first-order valence-corrected chi connectivity index (χ1v) is 8.74. The van der Waals surface area contributed by atoms with E-state index in [1.165, 1.54) is 11.1 Å². The fourth-order valence-electron chi connectivity index (χ4n) is 5.26. The molecule has 2 heterocycles. The molecule has 23 heavy (non-hydrogen) atoms. The molecule has 0 N–H and O–H groups in total. The first-order valence-electron chi connectivity index (χ1n) is 8.74. The van der Waals surface area contributed by atoms with Crippen molar-refractivity contribution in [3.8, 4) is 11.5 Å². The topological polar surface area (TPSA) is 21.7 Å². The zero-order valence-corrected chi connectivity index (χ0v) is 14.8. The van der Waals surface area contributed by atoms with Crippen molar-refractivity contribution in [1.29, 1.82) is 0 Å². The van der Waals surface area contributed by atoms with E-state index in [0.29, 0.717) is 17.9 Å². The largest absolute Gasteiger partial charge is 0.493 e. The molecule has 0 unspecified atom stereocenters. The first-order chi connectivity index (χ1) is 11.0. The first kappa shape index (κ1) is 15.1. The van der Waals surface area contributed by atoms with Crippen molar-refractivity contribution in [1.82, 2.24) is 4.90 Å². The zero-order chi connectivity index (χ0) is 16.4. The van der Waals surface area contributed by atoms with Gasteiger partial charge >= 0.3 is 0 Å². The molecule has 1 saturated heterocycles. The highest BCUT2D eigenvalue weighted by Gasteiger charge is 2.60. The molecule has 1 aromatic carbocycles. The number of nitrogens with zero attached hydrogens (tertiary/aromatic N) is 1. The standard InChI is InChI=1S/C20H27NO2/c1-12-7-9-16(22-5)18-17(12)20-10-11-21(4)14(3)15(20)8-6-13(2)19(20)23-18/h6-9,13-15,19H,10-11H2,1-5H3/t13-,14+,15-,19-,20-/m0/s1. The molecule has 3 heteroatoms. The van der Waals surface area contributed by atoms with Crippen LogP contribution in [0, 0.1) is 18.8 Å². The van der Waals surface area contributed by atoms with Crippen LogP contribution in [0.3, 0.4) is 0 Å².